The highest BCUT2D eigenvalue weighted by molar-refractivity contribution is 7.89. The molecule has 0 amide bonds. The van der Waals surface area contributed by atoms with E-state index >= 15 is 0 Å². The number of hydrogen-bond acceptors (Lipinski definition) is 6. The number of nitrogens with zero attached hydrogens (tertiary/aromatic N) is 2. The van der Waals surface area contributed by atoms with Crippen LogP contribution in [0.2, 0.25) is 0 Å². The van der Waals surface area contributed by atoms with E-state index in [-0.39, 0.29) is 17.8 Å². The van der Waals surface area contributed by atoms with Gasteiger partial charge in [0, 0.05) is 39.3 Å². The molecule has 3 aromatic heterocycles. The van der Waals surface area contributed by atoms with E-state index in [0.29, 0.717) is 17.3 Å². The van der Waals surface area contributed by atoms with Crippen LogP contribution in [0.5, 0.6) is 0 Å². The molecule has 3 heterocycles. The molecule has 0 atom stereocenters. The number of benzene rings is 2. The first-order valence-corrected chi connectivity index (χ1v) is 16.8. The maximum atomic E-state index is 14.9. The fourth-order valence-corrected chi connectivity index (χ4v) is 7.27. The van der Waals surface area contributed by atoms with Crippen LogP contribution in [0.4, 0.5) is 8.78 Å². The zero-order valence-corrected chi connectivity index (χ0v) is 25.8. The molecule has 7 nitrogen and oxygen atoms in total. The van der Waals surface area contributed by atoms with Crippen molar-refractivity contribution >= 4 is 38.7 Å². The standard InChI is InChI=1S/C32H25F2N3O4S3/c1-18-5-9-23(43-18)10-8-19-3-2-4-22(11-19)28-15-24(31-36-27(17-42-31)32(38)39)29(14-20-6-7-20)37(28)16-21-12-25(33)30(26(34)13-21)44(35,40)41/h2-5,9,11-13,15,17,20H,6-7,14,16H2,1H3,(H,38,39)(H2,35,40,41). The average molecular weight is 650 g/mol. The van der Waals surface area contributed by atoms with Crippen LogP contribution >= 0.6 is 22.7 Å². The highest BCUT2D eigenvalue weighted by Gasteiger charge is 2.29. The molecule has 2 aromatic carbocycles. The molecule has 0 spiro atoms. The molecule has 0 bridgehead atoms. The normalized spacial score (nSPS) is 13.1. The van der Waals surface area contributed by atoms with Crippen LogP contribution in [0.1, 0.15) is 49.9 Å². The first-order chi connectivity index (χ1) is 21.0. The summed E-state index contributed by atoms with van der Waals surface area (Å²) in [5, 5.41) is 16.5. The van der Waals surface area contributed by atoms with E-state index in [0.717, 1.165) is 62.8 Å². The molecule has 0 radical (unpaired) electrons. The van der Waals surface area contributed by atoms with Crippen LogP contribution in [0.3, 0.4) is 0 Å². The second-order valence-electron chi connectivity index (χ2n) is 10.6. The van der Waals surface area contributed by atoms with E-state index in [2.05, 4.69) is 16.8 Å². The molecule has 1 saturated carbocycles. The lowest BCUT2D eigenvalue weighted by molar-refractivity contribution is 0.0691. The number of hydrogen-bond donors (Lipinski definition) is 2. The van der Waals surface area contributed by atoms with Crippen molar-refractivity contribution in [2.45, 2.75) is 37.6 Å². The summed E-state index contributed by atoms with van der Waals surface area (Å²) in [6, 6.07) is 15.5. The Labute approximate surface area is 260 Å². The Kier molecular flexibility index (Phi) is 7.98. The number of aromatic nitrogens is 2. The Morgan fingerprint density at radius 2 is 1.86 bits per heavy atom. The summed E-state index contributed by atoms with van der Waals surface area (Å²) in [7, 11) is -4.61. The SMILES string of the molecule is Cc1ccc(C#Cc2cccc(-c3cc(-c4nc(C(=O)O)cs4)c(CC4CC4)n3Cc3cc(F)c(S(N)(=O)=O)c(F)c3)c2)s1. The molecule has 0 aliphatic heterocycles. The maximum absolute atomic E-state index is 14.9. The predicted octanol–water partition coefficient (Wildman–Crippen LogP) is 6.67. The average Bonchev–Trinajstić information content (AvgIpc) is 3.30. The zero-order chi connectivity index (χ0) is 31.2. The predicted molar refractivity (Wildman–Crippen MR) is 166 cm³/mol. The lowest BCUT2D eigenvalue weighted by atomic mass is 10.1. The number of rotatable bonds is 8. The number of thiazole rings is 1. The van der Waals surface area contributed by atoms with Crippen LogP contribution in [-0.2, 0) is 23.0 Å². The minimum Gasteiger partial charge on any atom is -0.476 e. The van der Waals surface area contributed by atoms with Crippen molar-refractivity contribution in [3.63, 3.8) is 0 Å². The van der Waals surface area contributed by atoms with Crippen molar-refractivity contribution in [2.24, 2.45) is 11.1 Å². The topological polar surface area (TPSA) is 115 Å². The van der Waals surface area contributed by atoms with Gasteiger partial charge in [-0.1, -0.05) is 24.0 Å². The van der Waals surface area contributed by atoms with Gasteiger partial charge >= 0.3 is 5.97 Å². The number of thiophene rings is 1. The van der Waals surface area contributed by atoms with Gasteiger partial charge in [-0.25, -0.2) is 32.1 Å². The quantitative estimate of drug-likeness (QED) is 0.182. The number of carbonyl (C=O) groups is 1. The second-order valence-corrected chi connectivity index (χ2v) is 14.3. The van der Waals surface area contributed by atoms with Crippen molar-refractivity contribution < 1.29 is 27.1 Å². The smallest absolute Gasteiger partial charge is 0.355 e. The summed E-state index contributed by atoms with van der Waals surface area (Å²) in [4.78, 5) is 16.9. The Hall–Kier alpha value is -4.15. The molecule has 0 saturated heterocycles. The fourth-order valence-electron chi connectivity index (χ4n) is 5.05. The summed E-state index contributed by atoms with van der Waals surface area (Å²) in [6.07, 6.45) is 2.70. The highest BCUT2D eigenvalue weighted by atomic mass is 32.2. The Bertz CT molecular complexity index is 2070. The molecule has 1 aliphatic carbocycles. The number of carboxylic acid groups (broad SMARTS) is 1. The van der Waals surface area contributed by atoms with Crippen LogP contribution in [0, 0.1) is 36.3 Å². The summed E-state index contributed by atoms with van der Waals surface area (Å²) in [6.45, 7) is 2.03. The largest absolute Gasteiger partial charge is 0.476 e. The molecular weight excluding hydrogens is 625 g/mol. The number of aryl methyl sites for hydroxylation is 1. The van der Waals surface area contributed by atoms with Crippen molar-refractivity contribution in [1.82, 2.24) is 9.55 Å². The monoisotopic (exact) mass is 649 g/mol. The van der Waals surface area contributed by atoms with E-state index < -0.39 is 32.5 Å². The number of nitrogens with two attached hydrogens (primary N) is 1. The van der Waals surface area contributed by atoms with Gasteiger partial charge in [0.2, 0.25) is 10.0 Å². The minimum atomic E-state index is -4.61. The maximum Gasteiger partial charge on any atom is 0.355 e. The van der Waals surface area contributed by atoms with Crippen molar-refractivity contribution in [3.8, 4) is 33.7 Å². The van der Waals surface area contributed by atoms with Crippen LogP contribution in [0.15, 0.2) is 64.9 Å². The van der Waals surface area contributed by atoms with E-state index in [1.54, 1.807) is 11.3 Å². The van der Waals surface area contributed by atoms with Gasteiger partial charge in [-0.3, -0.25) is 0 Å². The molecule has 1 fully saturated rings. The molecule has 0 unspecified atom stereocenters. The van der Waals surface area contributed by atoms with E-state index in [1.807, 2.05) is 54.0 Å². The molecule has 5 aromatic rings. The molecule has 3 N–H and O–H groups in total. The van der Waals surface area contributed by atoms with Gasteiger partial charge in [0.15, 0.2) is 10.6 Å². The zero-order valence-electron chi connectivity index (χ0n) is 23.3. The molecule has 1 aliphatic rings. The molecular formula is C32H25F2N3O4S3. The van der Waals surface area contributed by atoms with Gasteiger partial charge in [0.05, 0.1) is 4.88 Å². The summed E-state index contributed by atoms with van der Waals surface area (Å²) >= 11 is 2.81. The lowest BCUT2D eigenvalue weighted by Gasteiger charge is -2.16. The van der Waals surface area contributed by atoms with Crippen molar-refractivity contribution in [1.29, 1.82) is 0 Å². The van der Waals surface area contributed by atoms with Gasteiger partial charge < -0.3 is 9.67 Å². The third-order valence-electron chi connectivity index (χ3n) is 7.25. The molecule has 224 valence electrons. The van der Waals surface area contributed by atoms with Gasteiger partial charge in [-0.05, 0) is 85.7 Å². The summed E-state index contributed by atoms with van der Waals surface area (Å²) in [5.41, 5.74) is 3.98. The fraction of sp³-hybridized carbons (Fsp3) is 0.188. The number of sulfonamides is 1. The van der Waals surface area contributed by atoms with Gasteiger partial charge in [-0.2, -0.15) is 0 Å². The van der Waals surface area contributed by atoms with Crippen LogP contribution in [0.25, 0.3) is 21.8 Å². The van der Waals surface area contributed by atoms with Crippen molar-refractivity contribution in [3.05, 3.63) is 104 Å². The van der Waals surface area contributed by atoms with Gasteiger partial charge in [-0.15, -0.1) is 22.7 Å². The minimum absolute atomic E-state index is 0.0116. The molecule has 6 rings (SSSR count). The number of carboxylic acids is 1. The summed E-state index contributed by atoms with van der Waals surface area (Å²) in [5.74, 6) is 3.12. The number of primary sulfonamides is 1. The number of halogens is 2. The van der Waals surface area contributed by atoms with Gasteiger partial charge in [0.25, 0.3) is 0 Å². The first kappa shape index (κ1) is 29.9. The van der Waals surface area contributed by atoms with Crippen LogP contribution < -0.4 is 5.14 Å². The third kappa shape index (κ3) is 6.37. The molecule has 44 heavy (non-hydrogen) atoms. The lowest BCUT2D eigenvalue weighted by Crippen LogP contribution is -2.17. The Balaban J connectivity index is 1.51. The van der Waals surface area contributed by atoms with E-state index in [4.69, 9.17) is 5.14 Å². The van der Waals surface area contributed by atoms with E-state index in [9.17, 15) is 27.1 Å². The Morgan fingerprint density at radius 3 is 2.48 bits per heavy atom. The third-order valence-corrected chi connectivity index (χ3v) is 10.0. The van der Waals surface area contributed by atoms with E-state index in [1.165, 1.54) is 16.7 Å². The van der Waals surface area contributed by atoms with Gasteiger partial charge in [0.1, 0.15) is 16.6 Å². The highest BCUT2D eigenvalue weighted by Crippen LogP contribution is 2.41. The molecule has 12 heteroatoms. The van der Waals surface area contributed by atoms with Crippen molar-refractivity contribution in [2.75, 3.05) is 0 Å². The van der Waals surface area contributed by atoms with Crippen LogP contribution in [-0.4, -0.2) is 29.0 Å². The Morgan fingerprint density at radius 1 is 1.11 bits per heavy atom. The summed E-state index contributed by atoms with van der Waals surface area (Å²) < 4.78 is 55.3. The number of aromatic carboxylic acids is 1. The second kappa shape index (κ2) is 11.7. The first-order valence-electron chi connectivity index (χ1n) is 13.6.